The SMILES string of the molecule is CCOC(=O)Cc1cc(Sc2ccccc2)ccc1C(=O)C(C)Br. The minimum Gasteiger partial charge on any atom is -0.466 e. The number of ketones is 1. The Labute approximate surface area is 154 Å². The molecule has 0 bridgehead atoms. The van der Waals surface area contributed by atoms with Gasteiger partial charge in [-0.25, -0.2) is 0 Å². The number of carbonyl (C=O) groups is 2. The van der Waals surface area contributed by atoms with Crippen LogP contribution in [0.1, 0.15) is 29.8 Å². The number of ether oxygens (including phenoxy) is 1. The predicted molar refractivity (Wildman–Crippen MR) is 100 cm³/mol. The Kier molecular flexibility index (Phi) is 7.06. The second-order valence-corrected chi connectivity index (χ2v) is 7.72. The molecule has 2 aromatic carbocycles. The molecule has 0 aliphatic rings. The first-order valence-electron chi connectivity index (χ1n) is 7.71. The zero-order valence-electron chi connectivity index (χ0n) is 13.6. The molecule has 0 fully saturated rings. The van der Waals surface area contributed by atoms with Gasteiger partial charge in [-0.15, -0.1) is 0 Å². The molecule has 2 rings (SSSR count). The quantitative estimate of drug-likeness (QED) is 0.372. The van der Waals surface area contributed by atoms with Crippen LogP contribution >= 0.6 is 27.7 Å². The maximum Gasteiger partial charge on any atom is 0.310 e. The number of esters is 1. The number of rotatable bonds is 7. The van der Waals surface area contributed by atoms with Gasteiger partial charge in [0, 0.05) is 15.4 Å². The lowest BCUT2D eigenvalue weighted by atomic mass is 10.00. The van der Waals surface area contributed by atoms with Gasteiger partial charge in [0.05, 0.1) is 17.9 Å². The van der Waals surface area contributed by atoms with Gasteiger partial charge < -0.3 is 4.74 Å². The van der Waals surface area contributed by atoms with Crippen molar-refractivity contribution >= 4 is 39.4 Å². The highest BCUT2D eigenvalue weighted by Crippen LogP contribution is 2.30. The Morgan fingerprint density at radius 2 is 1.83 bits per heavy atom. The number of Topliss-reactive ketones (excluding diaryl/α,β-unsaturated/α-hetero) is 1. The Morgan fingerprint density at radius 3 is 2.46 bits per heavy atom. The van der Waals surface area contributed by atoms with E-state index < -0.39 is 0 Å². The first-order valence-corrected chi connectivity index (χ1v) is 9.44. The molecule has 0 aliphatic heterocycles. The average Bonchev–Trinajstić information content (AvgIpc) is 2.55. The van der Waals surface area contributed by atoms with Crippen LogP contribution in [0, 0.1) is 0 Å². The lowest BCUT2D eigenvalue weighted by Crippen LogP contribution is -2.16. The largest absolute Gasteiger partial charge is 0.466 e. The Bertz CT molecular complexity index is 714. The molecule has 1 unspecified atom stereocenters. The van der Waals surface area contributed by atoms with E-state index in [1.807, 2.05) is 42.5 Å². The van der Waals surface area contributed by atoms with Crippen molar-refractivity contribution in [3.05, 3.63) is 59.7 Å². The third-order valence-corrected chi connectivity index (χ3v) is 4.74. The summed E-state index contributed by atoms with van der Waals surface area (Å²) in [6.45, 7) is 3.88. The zero-order valence-corrected chi connectivity index (χ0v) is 16.0. The lowest BCUT2D eigenvalue weighted by molar-refractivity contribution is -0.142. The van der Waals surface area contributed by atoms with Crippen LogP contribution < -0.4 is 0 Å². The zero-order chi connectivity index (χ0) is 17.5. The number of alkyl halides is 1. The summed E-state index contributed by atoms with van der Waals surface area (Å²) in [5.74, 6) is -0.360. The molecule has 5 heteroatoms. The molecule has 0 spiro atoms. The van der Waals surface area contributed by atoms with E-state index in [-0.39, 0.29) is 23.0 Å². The van der Waals surface area contributed by atoms with Crippen molar-refractivity contribution in [2.24, 2.45) is 0 Å². The normalized spacial score (nSPS) is 11.8. The third kappa shape index (κ3) is 5.21. The standard InChI is InChI=1S/C19H19BrO3S/c1-3-23-18(21)12-14-11-16(24-15-7-5-4-6-8-15)9-10-17(14)19(22)13(2)20/h4-11,13H,3,12H2,1-2H3. The molecule has 0 aromatic heterocycles. The van der Waals surface area contributed by atoms with Crippen molar-refractivity contribution in [3.63, 3.8) is 0 Å². The van der Waals surface area contributed by atoms with Gasteiger partial charge in [0.2, 0.25) is 0 Å². The van der Waals surface area contributed by atoms with Crippen LogP contribution in [0.3, 0.4) is 0 Å². The fourth-order valence-corrected chi connectivity index (χ4v) is 3.38. The summed E-state index contributed by atoms with van der Waals surface area (Å²) < 4.78 is 5.03. The van der Waals surface area contributed by atoms with Gasteiger partial charge in [-0.05, 0) is 49.7 Å². The van der Waals surface area contributed by atoms with Gasteiger partial charge in [-0.2, -0.15) is 0 Å². The monoisotopic (exact) mass is 406 g/mol. The summed E-state index contributed by atoms with van der Waals surface area (Å²) in [4.78, 5) is 26.0. The molecule has 0 aliphatic carbocycles. The second kappa shape index (κ2) is 9.04. The first kappa shape index (κ1) is 18.7. The van der Waals surface area contributed by atoms with E-state index in [2.05, 4.69) is 15.9 Å². The van der Waals surface area contributed by atoms with E-state index in [1.54, 1.807) is 31.7 Å². The summed E-state index contributed by atoms with van der Waals surface area (Å²) >= 11 is 4.90. The highest BCUT2D eigenvalue weighted by molar-refractivity contribution is 9.10. The highest BCUT2D eigenvalue weighted by atomic mass is 79.9. The summed E-state index contributed by atoms with van der Waals surface area (Å²) in [6.07, 6.45) is 0.0951. The maximum atomic E-state index is 12.4. The molecule has 0 saturated heterocycles. The topological polar surface area (TPSA) is 43.4 Å². The number of carbonyl (C=O) groups excluding carboxylic acids is 2. The second-order valence-electron chi connectivity index (χ2n) is 5.20. The Balaban J connectivity index is 2.32. The Hall–Kier alpha value is -1.59. The van der Waals surface area contributed by atoms with Crippen molar-refractivity contribution in [1.82, 2.24) is 0 Å². The van der Waals surface area contributed by atoms with Gasteiger partial charge in [-0.1, -0.05) is 45.9 Å². The smallest absolute Gasteiger partial charge is 0.310 e. The van der Waals surface area contributed by atoms with E-state index in [9.17, 15) is 9.59 Å². The number of hydrogen-bond acceptors (Lipinski definition) is 4. The molecular formula is C19H19BrO3S. The minimum atomic E-state index is -0.323. The summed E-state index contributed by atoms with van der Waals surface area (Å²) in [5, 5.41) is 0. The van der Waals surface area contributed by atoms with Crippen LogP contribution in [0.25, 0.3) is 0 Å². The van der Waals surface area contributed by atoms with E-state index >= 15 is 0 Å². The van der Waals surface area contributed by atoms with Crippen molar-refractivity contribution in [2.45, 2.75) is 34.9 Å². The van der Waals surface area contributed by atoms with Crippen LogP contribution in [-0.4, -0.2) is 23.2 Å². The fourth-order valence-electron chi connectivity index (χ4n) is 2.23. The molecule has 0 heterocycles. The molecule has 0 radical (unpaired) electrons. The first-order chi connectivity index (χ1) is 11.5. The van der Waals surface area contributed by atoms with Gasteiger partial charge in [0.15, 0.2) is 5.78 Å². The van der Waals surface area contributed by atoms with E-state index in [0.717, 1.165) is 9.79 Å². The van der Waals surface area contributed by atoms with E-state index in [1.165, 1.54) is 0 Å². The molecule has 24 heavy (non-hydrogen) atoms. The van der Waals surface area contributed by atoms with Crippen molar-refractivity contribution < 1.29 is 14.3 Å². The molecule has 126 valence electrons. The predicted octanol–water partition coefficient (Wildman–Crippen LogP) is 4.91. The highest BCUT2D eigenvalue weighted by Gasteiger charge is 2.19. The van der Waals surface area contributed by atoms with Crippen molar-refractivity contribution in [1.29, 1.82) is 0 Å². The summed E-state index contributed by atoms with van der Waals surface area (Å²) in [7, 11) is 0. The third-order valence-electron chi connectivity index (χ3n) is 3.32. The number of hydrogen-bond donors (Lipinski definition) is 0. The molecule has 1 atom stereocenters. The maximum absolute atomic E-state index is 12.4. The van der Waals surface area contributed by atoms with Crippen LogP contribution in [0.15, 0.2) is 58.3 Å². The summed E-state index contributed by atoms with van der Waals surface area (Å²) in [5.41, 5.74) is 1.26. The van der Waals surface area contributed by atoms with Gasteiger partial charge in [0.25, 0.3) is 0 Å². The molecule has 0 amide bonds. The molecular weight excluding hydrogens is 388 g/mol. The van der Waals surface area contributed by atoms with Gasteiger partial charge >= 0.3 is 5.97 Å². The van der Waals surface area contributed by atoms with E-state index in [0.29, 0.717) is 17.7 Å². The lowest BCUT2D eigenvalue weighted by Gasteiger charge is -2.12. The molecule has 0 saturated carbocycles. The van der Waals surface area contributed by atoms with Gasteiger partial charge in [-0.3, -0.25) is 9.59 Å². The molecule has 0 N–H and O–H groups in total. The van der Waals surface area contributed by atoms with Crippen LogP contribution in [0.4, 0.5) is 0 Å². The van der Waals surface area contributed by atoms with Crippen molar-refractivity contribution in [2.75, 3.05) is 6.61 Å². The van der Waals surface area contributed by atoms with Crippen molar-refractivity contribution in [3.8, 4) is 0 Å². The van der Waals surface area contributed by atoms with Crippen LogP contribution in [0.5, 0.6) is 0 Å². The van der Waals surface area contributed by atoms with Crippen LogP contribution in [-0.2, 0) is 16.0 Å². The van der Waals surface area contributed by atoms with Gasteiger partial charge in [0.1, 0.15) is 0 Å². The number of benzene rings is 2. The minimum absolute atomic E-state index is 0.0365. The van der Waals surface area contributed by atoms with E-state index in [4.69, 9.17) is 4.74 Å². The molecule has 2 aromatic rings. The Morgan fingerprint density at radius 1 is 1.12 bits per heavy atom. The number of halogens is 1. The van der Waals surface area contributed by atoms with Crippen LogP contribution in [0.2, 0.25) is 0 Å². The average molecular weight is 407 g/mol. The fraction of sp³-hybridized carbons (Fsp3) is 0.263. The summed E-state index contributed by atoms with van der Waals surface area (Å²) in [6, 6.07) is 15.6. The molecule has 3 nitrogen and oxygen atoms in total.